The van der Waals surface area contributed by atoms with E-state index in [2.05, 4.69) is 109 Å². The smallest absolute Gasteiger partial charge is 0.164 e. The Morgan fingerprint density at radius 3 is 1.62 bits per heavy atom. The highest BCUT2D eigenvalue weighted by Crippen LogP contribution is 2.35. The summed E-state index contributed by atoms with van der Waals surface area (Å²) in [5, 5.41) is 9.57. The van der Waals surface area contributed by atoms with Crippen LogP contribution in [-0.4, -0.2) is 15.0 Å². The zero-order chi connectivity index (χ0) is 26.5. The number of nitrogens with zero attached hydrogens (tertiary/aromatic N) is 3. The molecule has 7 aromatic carbocycles. The zero-order valence-electron chi connectivity index (χ0n) is 21.6. The Morgan fingerprint density at radius 2 is 0.825 bits per heavy atom. The molecule has 3 nitrogen and oxygen atoms in total. The van der Waals surface area contributed by atoms with Crippen molar-refractivity contribution in [3.63, 3.8) is 0 Å². The summed E-state index contributed by atoms with van der Waals surface area (Å²) in [4.78, 5) is 15.1. The molecule has 0 fully saturated rings. The lowest BCUT2D eigenvalue weighted by atomic mass is 9.96. The van der Waals surface area contributed by atoms with E-state index >= 15 is 0 Å². The number of benzene rings is 7. The van der Waals surface area contributed by atoms with Crippen LogP contribution in [0.1, 0.15) is 0 Å². The van der Waals surface area contributed by atoms with Gasteiger partial charge < -0.3 is 0 Å². The Balaban J connectivity index is 1.39. The van der Waals surface area contributed by atoms with Crippen molar-refractivity contribution >= 4 is 43.1 Å². The molecule has 186 valence electrons. The van der Waals surface area contributed by atoms with Gasteiger partial charge >= 0.3 is 0 Å². The van der Waals surface area contributed by atoms with Crippen LogP contribution in [0.15, 0.2) is 140 Å². The predicted octanol–water partition coefficient (Wildman–Crippen LogP) is 9.49. The maximum atomic E-state index is 5.10. The van der Waals surface area contributed by atoms with E-state index in [-0.39, 0.29) is 0 Å². The van der Waals surface area contributed by atoms with Crippen LogP contribution in [-0.2, 0) is 0 Å². The lowest BCUT2D eigenvalue weighted by Gasteiger charge is -2.13. The average Bonchev–Trinajstić information content (AvgIpc) is 3.04. The first kappa shape index (κ1) is 22.6. The zero-order valence-corrected chi connectivity index (χ0v) is 21.6. The normalized spacial score (nSPS) is 11.5. The van der Waals surface area contributed by atoms with Crippen LogP contribution in [0.4, 0.5) is 0 Å². The van der Waals surface area contributed by atoms with Gasteiger partial charge in [-0.15, -0.1) is 0 Å². The number of hydrogen-bond donors (Lipinski definition) is 0. The van der Waals surface area contributed by atoms with E-state index < -0.39 is 0 Å². The standard InChI is InChI=1S/C37H23N3/c1-2-11-25(12-3-1)35-38-36(28-20-21-31-27(22-28)19-18-24-10-4-6-14-29(24)31)40-37(39-35)34-23-26-13-5-7-15-30(26)32-16-8-9-17-33(32)34/h1-23H. The summed E-state index contributed by atoms with van der Waals surface area (Å²) >= 11 is 0. The van der Waals surface area contributed by atoms with Crippen molar-refractivity contribution in [2.75, 3.05) is 0 Å². The van der Waals surface area contributed by atoms with Crippen molar-refractivity contribution < 1.29 is 0 Å². The number of fused-ring (bicyclic) bond motifs is 6. The Morgan fingerprint density at radius 1 is 0.300 bits per heavy atom. The lowest BCUT2D eigenvalue weighted by Crippen LogP contribution is -2.00. The van der Waals surface area contributed by atoms with Crippen LogP contribution in [0.3, 0.4) is 0 Å². The highest BCUT2D eigenvalue weighted by atomic mass is 15.0. The van der Waals surface area contributed by atoms with Gasteiger partial charge in [0.05, 0.1) is 0 Å². The predicted molar refractivity (Wildman–Crippen MR) is 166 cm³/mol. The van der Waals surface area contributed by atoms with Crippen molar-refractivity contribution in [1.29, 1.82) is 0 Å². The molecule has 0 spiro atoms. The fourth-order valence-corrected chi connectivity index (χ4v) is 5.73. The molecule has 0 aliphatic rings. The highest BCUT2D eigenvalue weighted by molar-refractivity contribution is 6.13. The highest BCUT2D eigenvalue weighted by Gasteiger charge is 2.16. The number of hydrogen-bond acceptors (Lipinski definition) is 3. The first-order valence-electron chi connectivity index (χ1n) is 13.5. The van der Waals surface area contributed by atoms with E-state index in [1.807, 2.05) is 30.3 Å². The minimum absolute atomic E-state index is 0.663. The van der Waals surface area contributed by atoms with Gasteiger partial charge in [-0.3, -0.25) is 0 Å². The summed E-state index contributed by atoms with van der Waals surface area (Å²) in [6, 6.07) is 48.7. The Labute approximate surface area is 231 Å². The van der Waals surface area contributed by atoms with E-state index in [4.69, 9.17) is 15.0 Å². The topological polar surface area (TPSA) is 38.7 Å². The van der Waals surface area contributed by atoms with Gasteiger partial charge in [0, 0.05) is 16.7 Å². The van der Waals surface area contributed by atoms with Crippen LogP contribution in [0.2, 0.25) is 0 Å². The molecule has 1 aromatic heterocycles. The van der Waals surface area contributed by atoms with Gasteiger partial charge in [0.25, 0.3) is 0 Å². The first-order valence-corrected chi connectivity index (χ1v) is 13.5. The minimum atomic E-state index is 0.663. The van der Waals surface area contributed by atoms with Crippen molar-refractivity contribution in [1.82, 2.24) is 15.0 Å². The Kier molecular flexibility index (Phi) is 5.14. The molecule has 8 aromatic rings. The van der Waals surface area contributed by atoms with Gasteiger partial charge in [-0.1, -0.05) is 127 Å². The van der Waals surface area contributed by atoms with Crippen molar-refractivity contribution in [2.24, 2.45) is 0 Å². The van der Waals surface area contributed by atoms with Crippen LogP contribution in [0.5, 0.6) is 0 Å². The van der Waals surface area contributed by atoms with Gasteiger partial charge in [-0.25, -0.2) is 15.0 Å². The summed E-state index contributed by atoms with van der Waals surface area (Å²) in [5.41, 5.74) is 2.93. The van der Waals surface area contributed by atoms with E-state index in [0.29, 0.717) is 17.5 Å². The fraction of sp³-hybridized carbons (Fsp3) is 0. The molecule has 0 bridgehead atoms. The summed E-state index contributed by atoms with van der Waals surface area (Å²) in [6.07, 6.45) is 0. The Bertz CT molecular complexity index is 2220. The van der Waals surface area contributed by atoms with Crippen LogP contribution in [0.25, 0.3) is 77.3 Å². The van der Waals surface area contributed by atoms with Gasteiger partial charge in [0.2, 0.25) is 0 Å². The molecule has 8 rings (SSSR count). The minimum Gasteiger partial charge on any atom is -0.208 e. The molecule has 0 N–H and O–H groups in total. The third-order valence-corrected chi connectivity index (χ3v) is 7.68. The maximum absolute atomic E-state index is 5.10. The molecule has 0 unspecified atom stereocenters. The van der Waals surface area contributed by atoms with E-state index in [0.717, 1.165) is 32.8 Å². The Hall–Kier alpha value is -5.41. The van der Waals surface area contributed by atoms with Gasteiger partial charge in [-0.2, -0.15) is 0 Å². The molecule has 0 radical (unpaired) electrons. The molecule has 0 aliphatic heterocycles. The molecular weight excluding hydrogens is 486 g/mol. The van der Waals surface area contributed by atoms with Crippen molar-refractivity contribution in [3.05, 3.63) is 140 Å². The third-order valence-electron chi connectivity index (χ3n) is 7.68. The molecule has 0 amide bonds. The quantitative estimate of drug-likeness (QED) is 0.223. The maximum Gasteiger partial charge on any atom is 0.164 e. The summed E-state index contributed by atoms with van der Waals surface area (Å²) < 4.78 is 0. The second-order valence-electron chi connectivity index (χ2n) is 10.1. The molecular formula is C37H23N3. The third kappa shape index (κ3) is 3.71. The monoisotopic (exact) mass is 509 g/mol. The molecule has 0 saturated heterocycles. The largest absolute Gasteiger partial charge is 0.208 e. The summed E-state index contributed by atoms with van der Waals surface area (Å²) in [6.45, 7) is 0. The lowest BCUT2D eigenvalue weighted by molar-refractivity contribution is 1.08. The van der Waals surface area contributed by atoms with Gasteiger partial charge in [-0.05, 0) is 55.2 Å². The van der Waals surface area contributed by atoms with E-state index in [1.165, 1.54) is 26.9 Å². The fourth-order valence-electron chi connectivity index (χ4n) is 5.73. The second kappa shape index (κ2) is 9.11. The molecule has 0 atom stereocenters. The van der Waals surface area contributed by atoms with Crippen LogP contribution in [0, 0.1) is 0 Å². The average molecular weight is 510 g/mol. The van der Waals surface area contributed by atoms with Gasteiger partial charge in [0.15, 0.2) is 17.5 Å². The molecule has 40 heavy (non-hydrogen) atoms. The van der Waals surface area contributed by atoms with Crippen molar-refractivity contribution in [2.45, 2.75) is 0 Å². The van der Waals surface area contributed by atoms with E-state index in [9.17, 15) is 0 Å². The van der Waals surface area contributed by atoms with Gasteiger partial charge in [0.1, 0.15) is 0 Å². The second-order valence-corrected chi connectivity index (χ2v) is 10.1. The van der Waals surface area contributed by atoms with E-state index in [1.54, 1.807) is 0 Å². The molecule has 0 saturated carbocycles. The number of aromatic nitrogens is 3. The molecule has 0 aliphatic carbocycles. The first-order chi connectivity index (χ1) is 19.8. The van der Waals surface area contributed by atoms with Crippen LogP contribution < -0.4 is 0 Å². The summed E-state index contributed by atoms with van der Waals surface area (Å²) in [5.74, 6) is 2.00. The van der Waals surface area contributed by atoms with Crippen molar-refractivity contribution in [3.8, 4) is 34.2 Å². The summed E-state index contributed by atoms with van der Waals surface area (Å²) in [7, 11) is 0. The number of rotatable bonds is 3. The molecule has 3 heteroatoms. The molecule has 1 heterocycles. The van der Waals surface area contributed by atoms with Crippen LogP contribution >= 0.6 is 0 Å². The SMILES string of the molecule is c1ccc(-c2nc(-c3ccc4c(ccc5ccccc54)c3)nc(-c3cc4ccccc4c4ccccc34)n2)cc1.